The molecule has 0 saturated heterocycles. The van der Waals surface area contributed by atoms with Crippen molar-refractivity contribution in [2.24, 2.45) is 0 Å². The molecule has 1 N–H and O–H groups in total. The number of hydrogen-bond acceptors (Lipinski definition) is 2. The fourth-order valence-corrected chi connectivity index (χ4v) is 3.33. The maximum absolute atomic E-state index is 12.5. The van der Waals surface area contributed by atoms with E-state index in [2.05, 4.69) is 26.3 Å². The van der Waals surface area contributed by atoms with Crippen LogP contribution in [0, 0.1) is 13.8 Å². The summed E-state index contributed by atoms with van der Waals surface area (Å²) in [6.07, 6.45) is 1.79. The monoisotopic (exact) mass is 451 g/mol. The Balaban J connectivity index is 1.77. The molecule has 134 valence electrons. The van der Waals surface area contributed by atoms with Crippen molar-refractivity contribution in [1.82, 2.24) is 9.78 Å². The first-order chi connectivity index (χ1) is 12.3. The average molecular weight is 453 g/mol. The summed E-state index contributed by atoms with van der Waals surface area (Å²) in [6.45, 7) is 4.46. The molecule has 0 bridgehead atoms. The zero-order chi connectivity index (χ0) is 18.8. The predicted octanol–water partition coefficient (Wildman–Crippen LogP) is 5.87. The zero-order valence-corrected chi connectivity index (χ0v) is 17.3. The lowest BCUT2D eigenvalue weighted by atomic mass is 10.1. The maximum Gasteiger partial charge on any atom is 0.256 e. The van der Waals surface area contributed by atoms with Crippen LogP contribution in [-0.4, -0.2) is 15.7 Å². The fraction of sp³-hybridized carbons (Fsp3) is 0.158. The largest absolute Gasteiger partial charge is 0.304 e. The summed E-state index contributed by atoms with van der Waals surface area (Å²) in [6, 6.07) is 10.9. The third kappa shape index (κ3) is 4.29. The Morgan fingerprint density at radius 2 is 1.92 bits per heavy atom. The molecule has 0 aliphatic carbocycles. The number of carbonyl (C=O) groups is 1. The van der Waals surface area contributed by atoms with Crippen LogP contribution in [0.25, 0.3) is 0 Å². The van der Waals surface area contributed by atoms with Crippen LogP contribution < -0.4 is 5.32 Å². The molecule has 4 nitrogen and oxygen atoms in total. The van der Waals surface area contributed by atoms with Gasteiger partial charge in [0.1, 0.15) is 0 Å². The van der Waals surface area contributed by atoms with Crippen LogP contribution in [0.4, 0.5) is 5.82 Å². The molecular formula is C19H16BrCl2N3O. The zero-order valence-electron chi connectivity index (χ0n) is 14.2. The van der Waals surface area contributed by atoms with E-state index in [1.807, 2.05) is 32.0 Å². The van der Waals surface area contributed by atoms with Crippen molar-refractivity contribution in [3.63, 3.8) is 0 Å². The number of anilines is 1. The molecule has 0 spiro atoms. The van der Waals surface area contributed by atoms with E-state index < -0.39 is 0 Å². The summed E-state index contributed by atoms with van der Waals surface area (Å²) in [5, 5.41) is 8.41. The minimum Gasteiger partial charge on any atom is -0.304 e. The first-order valence-electron chi connectivity index (χ1n) is 7.89. The summed E-state index contributed by atoms with van der Waals surface area (Å²) in [7, 11) is 0. The Morgan fingerprint density at radius 3 is 2.62 bits per heavy atom. The number of nitrogens with zero attached hydrogens (tertiary/aromatic N) is 2. The summed E-state index contributed by atoms with van der Waals surface area (Å²) in [5.41, 5.74) is 3.69. The van der Waals surface area contributed by atoms with Gasteiger partial charge in [0.05, 0.1) is 11.0 Å². The minimum absolute atomic E-state index is 0.205. The van der Waals surface area contributed by atoms with Gasteiger partial charge >= 0.3 is 0 Å². The number of nitrogens with one attached hydrogen (secondary N) is 1. The van der Waals surface area contributed by atoms with Crippen LogP contribution in [0.15, 0.2) is 47.1 Å². The molecule has 1 aromatic heterocycles. The first kappa shape index (κ1) is 19.0. The third-order valence-electron chi connectivity index (χ3n) is 4.07. The number of hydrogen-bond donors (Lipinski definition) is 1. The second-order valence-electron chi connectivity index (χ2n) is 6.01. The van der Waals surface area contributed by atoms with Crippen molar-refractivity contribution in [3.8, 4) is 0 Å². The number of benzene rings is 2. The Hall–Kier alpha value is -1.82. The number of carbonyl (C=O) groups excluding carboxylic acids is 1. The maximum atomic E-state index is 12.5. The van der Waals surface area contributed by atoms with Crippen LogP contribution in [0.3, 0.4) is 0 Å². The van der Waals surface area contributed by atoms with Gasteiger partial charge in [-0.2, -0.15) is 5.10 Å². The lowest BCUT2D eigenvalue weighted by Gasteiger charge is -2.06. The molecule has 3 rings (SSSR count). The van der Waals surface area contributed by atoms with E-state index in [-0.39, 0.29) is 5.91 Å². The van der Waals surface area contributed by atoms with Crippen molar-refractivity contribution in [2.45, 2.75) is 20.4 Å². The standard InChI is InChI=1S/C19H16BrCl2N3O/c1-11-3-4-13(7-12(11)2)19(26)23-18-16(20)10-25(24-18)9-14-5-6-15(21)8-17(14)22/h3-8,10H,9H2,1-2H3,(H,23,24,26). The molecule has 0 saturated carbocycles. The highest BCUT2D eigenvalue weighted by atomic mass is 79.9. The number of rotatable bonds is 4. The van der Waals surface area contributed by atoms with Crippen LogP contribution >= 0.6 is 39.1 Å². The van der Waals surface area contributed by atoms with E-state index in [9.17, 15) is 4.79 Å². The summed E-state index contributed by atoms with van der Waals surface area (Å²) < 4.78 is 2.40. The smallest absolute Gasteiger partial charge is 0.256 e. The van der Waals surface area contributed by atoms with E-state index >= 15 is 0 Å². The predicted molar refractivity (Wildman–Crippen MR) is 109 cm³/mol. The SMILES string of the molecule is Cc1ccc(C(=O)Nc2nn(Cc3ccc(Cl)cc3Cl)cc2Br)cc1C. The Kier molecular flexibility index (Phi) is 5.70. The summed E-state index contributed by atoms with van der Waals surface area (Å²) in [4.78, 5) is 12.5. The molecule has 1 heterocycles. The van der Waals surface area contributed by atoms with Crippen molar-refractivity contribution in [3.05, 3.63) is 79.4 Å². The molecule has 0 atom stereocenters. The number of aryl methyl sites for hydroxylation is 2. The number of aromatic nitrogens is 2. The van der Waals surface area contributed by atoms with Gasteiger partial charge in [0.25, 0.3) is 5.91 Å². The van der Waals surface area contributed by atoms with Gasteiger partial charge < -0.3 is 5.32 Å². The lowest BCUT2D eigenvalue weighted by molar-refractivity contribution is 0.102. The van der Waals surface area contributed by atoms with Crippen molar-refractivity contribution >= 4 is 50.9 Å². The van der Waals surface area contributed by atoms with Gasteiger partial charge in [0, 0.05) is 21.8 Å². The molecule has 0 radical (unpaired) electrons. The van der Waals surface area contributed by atoms with Gasteiger partial charge in [0.2, 0.25) is 0 Å². The average Bonchev–Trinajstić information content (AvgIpc) is 2.92. The van der Waals surface area contributed by atoms with E-state index in [0.29, 0.717) is 32.4 Å². The van der Waals surface area contributed by atoms with Crippen molar-refractivity contribution < 1.29 is 4.79 Å². The molecule has 2 aromatic carbocycles. The highest BCUT2D eigenvalue weighted by Gasteiger charge is 2.13. The molecule has 0 fully saturated rings. The Labute approximate surface area is 170 Å². The van der Waals surface area contributed by atoms with Crippen LogP contribution in [0.5, 0.6) is 0 Å². The van der Waals surface area contributed by atoms with Gasteiger partial charge in [0.15, 0.2) is 5.82 Å². The van der Waals surface area contributed by atoms with Crippen LogP contribution in [0.1, 0.15) is 27.0 Å². The van der Waals surface area contributed by atoms with E-state index in [4.69, 9.17) is 23.2 Å². The quantitative estimate of drug-likeness (QED) is 0.538. The molecular weight excluding hydrogens is 437 g/mol. The Bertz CT molecular complexity index is 985. The van der Waals surface area contributed by atoms with Gasteiger partial charge in [-0.25, -0.2) is 0 Å². The van der Waals surface area contributed by atoms with Crippen LogP contribution in [0.2, 0.25) is 10.0 Å². The molecule has 3 aromatic rings. The molecule has 0 unspecified atom stereocenters. The first-order valence-corrected chi connectivity index (χ1v) is 9.44. The minimum atomic E-state index is -0.205. The van der Waals surface area contributed by atoms with Gasteiger partial charge in [-0.3, -0.25) is 9.48 Å². The third-order valence-corrected chi connectivity index (χ3v) is 5.23. The molecule has 7 heteroatoms. The highest BCUT2D eigenvalue weighted by molar-refractivity contribution is 9.10. The summed E-state index contributed by atoms with van der Waals surface area (Å²) >= 11 is 15.6. The van der Waals surface area contributed by atoms with Gasteiger partial charge in [-0.15, -0.1) is 0 Å². The van der Waals surface area contributed by atoms with Crippen molar-refractivity contribution in [2.75, 3.05) is 5.32 Å². The van der Waals surface area contributed by atoms with E-state index in [1.165, 1.54) is 0 Å². The molecule has 0 aliphatic heterocycles. The molecule has 26 heavy (non-hydrogen) atoms. The van der Waals surface area contributed by atoms with E-state index in [1.54, 1.807) is 29.1 Å². The van der Waals surface area contributed by atoms with Crippen LogP contribution in [-0.2, 0) is 6.54 Å². The van der Waals surface area contributed by atoms with E-state index in [0.717, 1.165) is 16.7 Å². The second kappa shape index (κ2) is 7.82. The fourth-order valence-electron chi connectivity index (χ4n) is 2.45. The van der Waals surface area contributed by atoms with Crippen molar-refractivity contribution in [1.29, 1.82) is 0 Å². The lowest BCUT2D eigenvalue weighted by Crippen LogP contribution is -2.13. The highest BCUT2D eigenvalue weighted by Crippen LogP contribution is 2.25. The normalized spacial score (nSPS) is 10.8. The Morgan fingerprint density at radius 1 is 1.15 bits per heavy atom. The molecule has 0 aliphatic rings. The van der Waals surface area contributed by atoms with Gasteiger partial charge in [-0.05, 0) is 70.7 Å². The number of amides is 1. The molecule has 1 amide bonds. The topological polar surface area (TPSA) is 46.9 Å². The number of halogens is 3. The second-order valence-corrected chi connectivity index (χ2v) is 7.71. The van der Waals surface area contributed by atoms with Gasteiger partial charge in [-0.1, -0.05) is 35.3 Å². The summed E-state index contributed by atoms with van der Waals surface area (Å²) in [5.74, 6) is 0.252.